The average molecular weight is 627 g/mol. The highest BCUT2D eigenvalue weighted by molar-refractivity contribution is 5.84. The van der Waals surface area contributed by atoms with Gasteiger partial charge in [-0.2, -0.15) is 9.97 Å². The van der Waals surface area contributed by atoms with Crippen LogP contribution in [0.15, 0.2) is 11.9 Å². The molecule has 242 valence electrons. The van der Waals surface area contributed by atoms with E-state index in [1.165, 1.54) is 13.1 Å². The molecule has 44 heavy (non-hydrogen) atoms. The van der Waals surface area contributed by atoms with Crippen molar-refractivity contribution in [1.82, 2.24) is 9.97 Å². The molecule has 5 atom stereocenters. The minimum atomic E-state index is -1.48. The SMILES string of the molecule is CC(OC(=O)[C@@H](N)CCC(=O)O)C(OC(=O)[C@@H](N)CCC(=O)O)C1=CNc2nc(N)nc(OC(=O)[C@@H](N)CCC(=O)O)c2N1. The van der Waals surface area contributed by atoms with Gasteiger partial charge in [0.25, 0.3) is 5.88 Å². The van der Waals surface area contributed by atoms with Crippen molar-refractivity contribution in [3.8, 4) is 5.88 Å². The van der Waals surface area contributed by atoms with E-state index in [9.17, 15) is 28.8 Å². The zero-order valence-corrected chi connectivity index (χ0v) is 23.4. The first-order valence-electron chi connectivity index (χ1n) is 13.0. The molecule has 0 amide bonds. The first-order valence-corrected chi connectivity index (χ1v) is 13.0. The van der Waals surface area contributed by atoms with Gasteiger partial charge in [0.2, 0.25) is 5.95 Å². The highest BCUT2D eigenvalue weighted by atomic mass is 16.6. The van der Waals surface area contributed by atoms with Gasteiger partial charge in [-0.25, -0.2) is 4.79 Å². The molecule has 0 saturated carbocycles. The second-order valence-electron chi connectivity index (χ2n) is 9.52. The molecule has 2 heterocycles. The van der Waals surface area contributed by atoms with Crippen LogP contribution in [0, 0.1) is 0 Å². The van der Waals surface area contributed by atoms with Crippen molar-refractivity contribution in [2.45, 2.75) is 75.8 Å². The van der Waals surface area contributed by atoms with Gasteiger partial charge in [-0.05, 0) is 26.2 Å². The van der Waals surface area contributed by atoms with Crippen LogP contribution in [0.4, 0.5) is 17.5 Å². The molecule has 1 aliphatic rings. The van der Waals surface area contributed by atoms with Gasteiger partial charge in [-0.15, -0.1) is 0 Å². The fourth-order valence-corrected chi connectivity index (χ4v) is 3.55. The average Bonchev–Trinajstić information content (AvgIpc) is 2.95. The highest BCUT2D eigenvalue weighted by Gasteiger charge is 2.35. The molecule has 1 aromatic heterocycles. The van der Waals surface area contributed by atoms with Crippen LogP contribution in [0.25, 0.3) is 0 Å². The quantitative estimate of drug-likeness (QED) is 0.0849. The molecular formula is C24H34N8O12. The van der Waals surface area contributed by atoms with Crippen molar-refractivity contribution < 1.29 is 58.3 Å². The van der Waals surface area contributed by atoms with Crippen LogP contribution in [-0.4, -0.2) is 91.4 Å². The van der Waals surface area contributed by atoms with Crippen LogP contribution >= 0.6 is 0 Å². The third-order valence-electron chi connectivity index (χ3n) is 5.92. The number of hydrogen-bond acceptors (Lipinski definition) is 17. The number of aliphatic carboxylic acids is 3. The molecule has 0 fully saturated rings. The number of nitrogen functional groups attached to an aromatic ring is 1. The molecular weight excluding hydrogens is 592 g/mol. The number of fused-ring (bicyclic) bond motifs is 1. The molecule has 13 N–H and O–H groups in total. The lowest BCUT2D eigenvalue weighted by molar-refractivity contribution is -0.166. The number of ether oxygens (including phenoxy) is 3. The number of anilines is 3. The van der Waals surface area contributed by atoms with Crippen molar-refractivity contribution >= 4 is 53.3 Å². The van der Waals surface area contributed by atoms with Gasteiger partial charge < -0.3 is 63.1 Å². The van der Waals surface area contributed by atoms with Crippen molar-refractivity contribution in [1.29, 1.82) is 0 Å². The number of carbonyl (C=O) groups excluding carboxylic acids is 3. The van der Waals surface area contributed by atoms with E-state index < -0.39 is 91.3 Å². The normalized spacial score (nSPS) is 15.4. The Labute approximate surface area is 249 Å². The molecule has 0 saturated heterocycles. The highest BCUT2D eigenvalue weighted by Crippen LogP contribution is 2.36. The van der Waals surface area contributed by atoms with E-state index in [4.69, 9.17) is 52.5 Å². The monoisotopic (exact) mass is 626 g/mol. The number of aromatic nitrogens is 2. The number of hydrogen-bond donors (Lipinski definition) is 9. The van der Waals surface area contributed by atoms with Gasteiger partial charge in [0.15, 0.2) is 11.9 Å². The van der Waals surface area contributed by atoms with Crippen LogP contribution < -0.4 is 38.3 Å². The van der Waals surface area contributed by atoms with E-state index in [0.29, 0.717) is 0 Å². The summed E-state index contributed by atoms with van der Waals surface area (Å²) in [7, 11) is 0. The van der Waals surface area contributed by atoms with Crippen molar-refractivity contribution in [3.05, 3.63) is 11.9 Å². The first kappa shape index (κ1) is 35.1. The molecule has 20 nitrogen and oxygen atoms in total. The van der Waals surface area contributed by atoms with Gasteiger partial charge in [0, 0.05) is 25.5 Å². The molecule has 1 aliphatic heterocycles. The van der Waals surface area contributed by atoms with Gasteiger partial charge in [-0.1, -0.05) is 0 Å². The topological polar surface area (TPSA) is 345 Å². The first-order chi connectivity index (χ1) is 20.6. The van der Waals surface area contributed by atoms with E-state index in [1.54, 1.807) is 0 Å². The number of carboxylic acid groups (broad SMARTS) is 3. The zero-order valence-electron chi connectivity index (χ0n) is 23.4. The number of nitrogens with one attached hydrogen (secondary N) is 2. The summed E-state index contributed by atoms with van der Waals surface area (Å²) in [6.45, 7) is 1.32. The maximum absolute atomic E-state index is 12.8. The van der Waals surface area contributed by atoms with Crippen LogP contribution in [0.3, 0.4) is 0 Å². The Morgan fingerprint density at radius 3 is 1.77 bits per heavy atom. The van der Waals surface area contributed by atoms with Crippen LogP contribution in [-0.2, 0) is 38.2 Å². The maximum Gasteiger partial charge on any atom is 0.329 e. The second-order valence-corrected chi connectivity index (χ2v) is 9.52. The summed E-state index contributed by atoms with van der Waals surface area (Å²) in [5, 5.41) is 32.1. The van der Waals surface area contributed by atoms with Crippen molar-refractivity contribution in [3.63, 3.8) is 0 Å². The number of carbonyl (C=O) groups is 6. The third-order valence-corrected chi connectivity index (χ3v) is 5.92. The fraction of sp³-hybridized carbons (Fsp3) is 0.500. The summed E-state index contributed by atoms with van der Waals surface area (Å²) < 4.78 is 16.1. The molecule has 2 rings (SSSR count). The number of esters is 3. The van der Waals surface area contributed by atoms with Gasteiger partial charge in [0.05, 0.1) is 5.70 Å². The molecule has 0 radical (unpaired) electrons. The van der Waals surface area contributed by atoms with Crippen LogP contribution in [0.5, 0.6) is 5.88 Å². The summed E-state index contributed by atoms with van der Waals surface area (Å²) in [5.41, 5.74) is 22.8. The van der Waals surface area contributed by atoms with Gasteiger partial charge in [-0.3, -0.25) is 24.0 Å². The van der Waals surface area contributed by atoms with E-state index in [1.807, 2.05) is 0 Å². The summed E-state index contributed by atoms with van der Waals surface area (Å²) in [6, 6.07) is -4.05. The molecule has 20 heteroatoms. The Morgan fingerprint density at radius 1 is 0.795 bits per heavy atom. The smallest absolute Gasteiger partial charge is 0.329 e. The molecule has 1 aromatic rings. The minimum absolute atomic E-state index is 0.00765. The lowest BCUT2D eigenvalue weighted by Crippen LogP contribution is -2.44. The van der Waals surface area contributed by atoms with Gasteiger partial charge in [0.1, 0.15) is 29.9 Å². The Bertz CT molecular complexity index is 1310. The second kappa shape index (κ2) is 16.0. The Morgan fingerprint density at radius 2 is 1.27 bits per heavy atom. The van der Waals surface area contributed by atoms with Gasteiger partial charge >= 0.3 is 35.8 Å². The van der Waals surface area contributed by atoms with Crippen LogP contribution in [0.2, 0.25) is 0 Å². The predicted octanol–water partition coefficient (Wildman–Crippen LogP) is -1.94. The van der Waals surface area contributed by atoms with Crippen LogP contribution in [0.1, 0.15) is 45.4 Å². The molecule has 2 unspecified atom stereocenters. The summed E-state index contributed by atoms with van der Waals surface area (Å²) in [5.74, 6) is -7.48. The standard InChI is InChI=1S/C24H34N8O12/c1-9(42-21(39)10(25)2-5-14(33)34)18(43-22(40)11(26)3-6-15(35)36)13-8-29-19-17(30-13)20(32-24(28)31-19)44-23(41)12(27)4-7-16(37)38/h8-12,18,30H,2-7,25-27H2,1H3,(H,33,34)(H,35,36)(H,37,38)(H3,28,29,31,32)/t9?,10-,11-,12-,18?/m0/s1. The lowest BCUT2D eigenvalue weighted by atomic mass is 10.1. The minimum Gasteiger partial charge on any atom is -0.481 e. The predicted molar refractivity (Wildman–Crippen MR) is 147 cm³/mol. The Kier molecular flexibility index (Phi) is 12.7. The van der Waals surface area contributed by atoms with E-state index >= 15 is 0 Å². The third kappa shape index (κ3) is 10.6. The van der Waals surface area contributed by atoms with Crippen molar-refractivity contribution in [2.24, 2.45) is 17.2 Å². The Hall–Kier alpha value is -5.08. The number of nitrogens with zero attached hydrogens (tertiary/aromatic N) is 2. The van der Waals surface area contributed by atoms with E-state index in [2.05, 4.69) is 20.6 Å². The fourth-order valence-electron chi connectivity index (χ4n) is 3.55. The number of rotatable bonds is 17. The van der Waals surface area contributed by atoms with E-state index in [-0.39, 0.29) is 42.4 Å². The number of nitrogens with two attached hydrogens (primary N) is 4. The largest absolute Gasteiger partial charge is 0.481 e. The summed E-state index contributed by atoms with van der Waals surface area (Å²) in [4.78, 5) is 78.3. The molecule has 0 aromatic carbocycles. The van der Waals surface area contributed by atoms with Crippen molar-refractivity contribution in [2.75, 3.05) is 16.4 Å². The Balaban J connectivity index is 2.34. The zero-order chi connectivity index (χ0) is 33.1. The summed E-state index contributed by atoms with van der Waals surface area (Å²) >= 11 is 0. The lowest BCUT2D eigenvalue weighted by Gasteiger charge is -2.31. The summed E-state index contributed by atoms with van der Waals surface area (Å²) in [6.07, 6.45) is -3.58. The molecule has 0 bridgehead atoms. The maximum atomic E-state index is 12.8. The number of carboxylic acids is 3. The van der Waals surface area contributed by atoms with E-state index in [0.717, 1.165) is 0 Å². The molecule has 0 aliphatic carbocycles. The molecule has 0 spiro atoms.